The fourth-order valence-corrected chi connectivity index (χ4v) is 3.35. The number of aromatic nitrogens is 2. The minimum absolute atomic E-state index is 0.164. The smallest absolute Gasteiger partial charge is 0.357 e. The van der Waals surface area contributed by atoms with Gasteiger partial charge in [-0.2, -0.15) is 5.10 Å². The van der Waals surface area contributed by atoms with Crippen molar-refractivity contribution in [2.24, 2.45) is 0 Å². The van der Waals surface area contributed by atoms with Crippen LogP contribution in [0, 0.1) is 0 Å². The highest BCUT2D eigenvalue weighted by atomic mass is 79.9. The van der Waals surface area contributed by atoms with Crippen LogP contribution >= 0.6 is 15.9 Å². The van der Waals surface area contributed by atoms with Gasteiger partial charge in [0.15, 0.2) is 12.3 Å². The van der Waals surface area contributed by atoms with Gasteiger partial charge >= 0.3 is 5.97 Å². The average Bonchev–Trinajstić information content (AvgIpc) is 3.33. The molecule has 0 radical (unpaired) electrons. The largest absolute Gasteiger partial charge is 0.451 e. The molecule has 2 amide bonds. The fraction of sp³-hybridized carbons (Fsp3) is 0.0400. The predicted octanol–water partition coefficient (Wildman–Crippen LogP) is 3.92. The molecule has 0 spiro atoms. The van der Waals surface area contributed by atoms with Gasteiger partial charge in [0, 0.05) is 15.6 Å². The summed E-state index contributed by atoms with van der Waals surface area (Å²) < 4.78 is 7.48. The molecule has 0 aliphatic rings. The normalized spacial score (nSPS) is 10.4. The number of ether oxygens (including phenoxy) is 1. The van der Waals surface area contributed by atoms with Gasteiger partial charge in [0.1, 0.15) is 0 Å². The molecule has 0 fully saturated rings. The third-order valence-corrected chi connectivity index (χ3v) is 5.27. The number of hydrogen-bond donors (Lipinski definition) is 2. The van der Waals surface area contributed by atoms with Gasteiger partial charge in [-0.05, 0) is 42.5 Å². The summed E-state index contributed by atoms with van der Waals surface area (Å²) in [4.78, 5) is 37.0. The van der Waals surface area contributed by atoms with Crippen LogP contribution < -0.4 is 10.9 Å². The van der Waals surface area contributed by atoms with Crippen LogP contribution in [0.15, 0.2) is 95.5 Å². The molecule has 9 heteroatoms. The van der Waals surface area contributed by atoms with Crippen LogP contribution in [-0.2, 0) is 9.53 Å². The number of amides is 2. The predicted molar refractivity (Wildman–Crippen MR) is 129 cm³/mol. The van der Waals surface area contributed by atoms with Crippen molar-refractivity contribution in [3.8, 4) is 16.9 Å². The standard InChI is InChI=1S/C25H19BrN4O4/c26-19-13-11-18(12-14-19)24(32)28-27-23(31)16-34-25(33)22-15-21(17-7-3-1-4-8-17)29-30(22)20-9-5-2-6-10-20/h1-15H,16H2,(H,27,31)(H,28,32). The second kappa shape index (κ2) is 10.6. The second-order valence-electron chi connectivity index (χ2n) is 7.11. The monoisotopic (exact) mass is 518 g/mol. The van der Waals surface area contributed by atoms with Crippen LogP contribution in [0.4, 0.5) is 0 Å². The van der Waals surface area contributed by atoms with Gasteiger partial charge in [0.25, 0.3) is 11.8 Å². The lowest BCUT2D eigenvalue weighted by molar-refractivity contribution is -0.125. The average molecular weight is 519 g/mol. The van der Waals surface area contributed by atoms with Gasteiger partial charge in [-0.25, -0.2) is 9.48 Å². The lowest BCUT2D eigenvalue weighted by Crippen LogP contribution is -2.43. The highest BCUT2D eigenvalue weighted by Crippen LogP contribution is 2.22. The highest BCUT2D eigenvalue weighted by Gasteiger charge is 2.20. The molecule has 1 aromatic heterocycles. The molecule has 4 aromatic rings. The molecular formula is C25H19BrN4O4. The van der Waals surface area contributed by atoms with E-state index in [1.165, 1.54) is 4.68 Å². The fourth-order valence-electron chi connectivity index (χ4n) is 3.08. The van der Waals surface area contributed by atoms with Crippen LogP contribution in [0.1, 0.15) is 20.8 Å². The van der Waals surface area contributed by atoms with E-state index in [1.807, 2.05) is 60.7 Å². The van der Waals surface area contributed by atoms with E-state index in [1.54, 1.807) is 30.3 Å². The Balaban J connectivity index is 1.43. The third kappa shape index (κ3) is 5.57. The quantitative estimate of drug-likeness (QED) is 0.297. The van der Waals surface area contributed by atoms with E-state index in [0.29, 0.717) is 16.9 Å². The Hall–Kier alpha value is -4.24. The van der Waals surface area contributed by atoms with Crippen molar-refractivity contribution < 1.29 is 19.1 Å². The van der Waals surface area contributed by atoms with Crippen LogP contribution in [0.3, 0.4) is 0 Å². The number of hydrazine groups is 1. The summed E-state index contributed by atoms with van der Waals surface area (Å²) in [7, 11) is 0. The minimum Gasteiger partial charge on any atom is -0.451 e. The van der Waals surface area contributed by atoms with Crippen molar-refractivity contribution in [3.63, 3.8) is 0 Å². The first-order chi connectivity index (χ1) is 16.5. The number of carbonyl (C=O) groups excluding carboxylic acids is 3. The van der Waals surface area contributed by atoms with Gasteiger partial charge in [-0.1, -0.05) is 64.5 Å². The second-order valence-corrected chi connectivity index (χ2v) is 8.03. The number of halogens is 1. The van der Waals surface area contributed by atoms with Crippen LogP contribution in [0.5, 0.6) is 0 Å². The summed E-state index contributed by atoms with van der Waals surface area (Å²) in [5.41, 5.74) is 7.13. The van der Waals surface area contributed by atoms with E-state index in [2.05, 4.69) is 31.9 Å². The Bertz CT molecular complexity index is 1310. The van der Waals surface area contributed by atoms with Crippen molar-refractivity contribution in [1.82, 2.24) is 20.6 Å². The summed E-state index contributed by atoms with van der Waals surface area (Å²) in [6.45, 7) is -0.583. The zero-order valence-electron chi connectivity index (χ0n) is 17.8. The molecule has 0 atom stereocenters. The maximum absolute atomic E-state index is 12.8. The van der Waals surface area contributed by atoms with Gasteiger partial charge in [-0.15, -0.1) is 0 Å². The number of rotatable bonds is 6. The summed E-state index contributed by atoms with van der Waals surface area (Å²) in [5.74, 6) is -1.91. The topological polar surface area (TPSA) is 102 Å². The first-order valence-electron chi connectivity index (χ1n) is 10.2. The SMILES string of the molecule is O=C(COC(=O)c1cc(-c2ccccc2)nn1-c1ccccc1)NNC(=O)c1ccc(Br)cc1. The molecule has 4 rings (SSSR count). The first-order valence-corrected chi connectivity index (χ1v) is 11.0. The number of nitrogens with zero attached hydrogens (tertiary/aromatic N) is 2. The van der Waals surface area contributed by atoms with E-state index < -0.39 is 24.4 Å². The Morgan fingerprint density at radius 3 is 2.18 bits per heavy atom. The van der Waals surface area contributed by atoms with Gasteiger partial charge in [0.05, 0.1) is 11.4 Å². The Labute approximate surface area is 203 Å². The third-order valence-electron chi connectivity index (χ3n) is 4.75. The first kappa shape index (κ1) is 22.9. The maximum atomic E-state index is 12.8. The van der Waals surface area contributed by atoms with E-state index >= 15 is 0 Å². The maximum Gasteiger partial charge on any atom is 0.357 e. The molecule has 0 saturated heterocycles. The van der Waals surface area contributed by atoms with Crippen molar-refractivity contribution in [2.75, 3.05) is 6.61 Å². The molecular weight excluding hydrogens is 500 g/mol. The molecule has 1 heterocycles. The molecule has 0 aliphatic carbocycles. The minimum atomic E-state index is -0.729. The number of hydrogen-bond acceptors (Lipinski definition) is 5. The number of nitrogens with one attached hydrogen (secondary N) is 2. The van der Waals surface area contributed by atoms with Gasteiger partial charge in [0.2, 0.25) is 0 Å². The summed E-state index contributed by atoms with van der Waals surface area (Å²) in [5, 5.41) is 4.55. The zero-order valence-corrected chi connectivity index (χ0v) is 19.4. The summed E-state index contributed by atoms with van der Waals surface area (Å²) in [6, 6.07) is 26.8. The molecule has 3 aromatic carbocycles. The lowest BCUT2D eigenvalue weighted by Gasteiger charge is -2.09. The van der Waals surface area contributed by atoms with Gasteiger partial charge < -0.3 is 4.74 Å². The molecule has 0 aliphatic heterocycles. The van der Waals surface area contributed by atoms with Crippen LogP contribution in [0.25, 0.3) is 16.9 Å². The van der Waals surface area contributed by atoms with Crippen molar-refractivity contribution >= 4 is 33.7 Å². The van der Waals surface area contributed by atoms with E-state index in [4.69, 9.17) is 4.74 Å². The lowest BCUT2D eigenvalue weighted by atomic mass is 10.1. The Kier molecular flexibility index (Phi) is 7.14. The van der Waals surface area contributed by atoms with Crippen LogP contribution in [0.2, 0.25) is 0 Å². The summed E-state index contributed by atoms with van der Waals surface area (Å²) >= 11 is 3.29. The molecule has 0 saturated carbocycles. The van der Waals surface area contributed by atoms with Crippen molar-refractivity contribution in [2.45, 2.75) is 0 Å². The van der Waals surface area contributed by atoms with Gasteiger partial charge in [-0.3, -0.25) is 20.4 Å². The number of para-hydroxylation sites is 1. The molecule has 0 unspecified atom stereocenters. The molecule has 0 bridgehead atoms. The number of carbonyl (C=O) groups is 3. The van der Waals surface area contributed by atoms with Crippen molar-refractivity contribution in [1.29, 1.82) is 0 Å². The van der Waals surface area contributed by atoms with Crippen LogP contribution in [-0.4, -0.2) is 34.2 Å². The molecule has 2 N–H and O–H groups in total. The molecule has 8 nitrogen and oxygen atoms in total. The molecule has 170 valence electrons. The number of esters is 1. The van der Waals surface area contributed by atoms with E-state index in [-0.39, 0.29) is 5.69 Å². The Morgan fingerprint density at radius 1 is 0.853 bits per heavy atom. The zero-order chi connectivity index (χ0) is 23.9. The van der Waals surface area contributed by atoms with E-state index in [0.717, 1.165) is 10.0 Å². The Morgan fingerprint density at radius 2 is 1.50 bits per heavy atom. The summed E-state index contributed by atoms with van der Waals surface area (Å²) in [6.07, 6.45) is 0. The molecule has 34 heavy (non-hydrogen) atoms. The number of benzene rings is 3. The van der Waals surface area contributed by atoms with E-state index in [9.17, 15) is 14.4 Å². The highest BCUT2D eigenvalue weighted by molar-refractivity contribution is 9.10. The van der Waals surface area contributed by atoms with Crippen molar-refractivity contribution in [3.05, 3.63) is 107 Å².